The number of piperazine rings is 1. The number of para-hydroxylation sites is 1. The molecular weight excluding hydrogens is 392 g/mol. The minimum atomic E-state index is -3.78. The Morgan fingerprint density at radius 1 is 1.07 bits per heavy atom. The first kappa shape index (κ1) is 21.2. The van der Waals surface area contributed by atoms with Gasteiger partial charge in [-0.05, 0) is 37.6 Å². The fraction of sp³-hybridized carbons (Fsp3) is 0.400. The summed E-state index contributed by atoms with van der Waals surface area (Å²) in [5.41, 5.74) is 1.49. The summed E-state index contributed by atoms with van der Waals surface area (Å²) >= 11 is 0. The Hall–Kier alpha value is -2.49. The molecule has 1 fully saturated rings. The zero-order valence-corrected chi connectivity index (χ0v) is 17.3. The van der Waals surface area contributed by atoms with Crippen molar-refractivity contribution in [3.8, 4) is 0 Å². The largest absolute Gasteiger partial charge is 0.369 e. The molecule has 0 bridgehead atoms. The molecule has 1 saturated heterocycles. The number of nitro benzene ring substituents is 1. The number of hydrogen-bond donors (Lipinski definition) is 1. The first-order valence-electron chi connectivity index (χ1n) is 9.64. The maximum absolute atomic E-state index is 12.5. The van der Waals surface area contributed by atoms with Crippen molar-refractivity contribution in [2.24, 2.45) is 0 Å². The molecule has 29 heavy (non-hydrogen) atoms. The van der Waals surface area contributed by atoms with E-state index in [0.29, 0.717) is 18.5 Å². The van der Waals surface area contributed by atoms with E-state index < -0.39 is 14.9 Å². The lowest BCUT2D eigenvalue weighted by Crippen LogP contribution is -2.47. The number of nitrogens with one attached hydrogen (secondary N) is 1. The average Bonchev–Trinajstić information content (AvgIpc) is 2.72. The number of sulfonamides is 1. The van der Waals surface area contributed by atoms with Crippen LogP contribution in [0.2, 0.25) is 0 Å². The van der Waals surface area contributed by atoms with Crippen LogP contribution in [-0.4, -0.2) is 57.5 Å². The Morgan fingerprint density at radius 3 is 2.41 bits per heavy atom. The Labute approximate surface area is 171 Å². The third-order valence-electron chi connectivity index (χ3n) is 5.11. The molecule has 0 saturated carbocycles. The molecule has 0 aromatic heterocycles. The molecule has 0 unspecified atom stereocenters. The standard InChI is InChI=1S/C20H26N4O4S/c1-17-8-9-19(24(25)26)16-20(17)29(27,28)21-10-5-11-22-12-14-23(15-13-22)18-6-3-2-4-7-18/h2-4,6-9,16,21H,5,10-15H2,1H3. The molecule has 1 aliphatic rings. The van der Waals surface area contributed by atoms with Crippen LogP contribution in [0.4, 0.5) is 11.4 Å². The Balaban J connectivity index is 1.46. The van der Waals surface area contributed by atoms with E-state index in [-0.39, 0.29) is 10.6 Å². The van der Waals surface area contributed by atoms with Crippen molar-refractivity contribution in [3.05, 3.63) is 64.2 Å². The first-order chi connectivity index (χ1) is 13.9. The normalized spacial score (nSPS) is 15.4. The molecule has 8 nitrogen and oxygen atoms in total. The highest BCUT2D eigenvalue weighted by Crippen LogP contribution is 2.21. The molecule has 9 heteroatoms. The molecule has 156 valence electrons. The van der Waals surface area contributed by atoms with E-state index in [1.807, 2.05) is 18.2 Å². The lowest BCUT2D eigenvalue weighted by molar-refractivity contribution is -0.385. The van der Waals surface area contributed by atoms with Crippen LogP contribution in [0.1, 0.15) is 12.0 Å². The molecular formula is C20H26N4O4S. The zero-order valence-electron chi connectivity index (χ0n) is 16.5. The minimum absolute atomic E-state index is 0.0387. The smallest absolute Gasteiger partial charge is 0.270 e. The number of aryl methyl sites for hydroxylation is 1. The molecule has 0 aliphatic carbocycles. The topological polar surface area (TPSA) is 95.8 Å². The quantitative estimate of drug-likeness (QED) is 0.402. The van der Waals surface area contributed by atoms with Gasteiger partial charge >= 0.3 is 0 Å². The lowest BCUT2D eigenvalue weighted by Gasteiger charge is -2.36. The lowest BCUT2D eigenvalue weighted by atomic mass is 10.2. The van der Waals surface area contributed by atoms with Gasteiger partial charge in [-0.15, -0.1) is 0 Å². The molecule has 2 aromatic rings. The Bertz CT molecular complexity index is 942. The SMILES string of the molecule is Cc1ccc([N+](=O)[O-])cc1S(=O)(=O)NCCCN1CCN(c2ccccc2)CC1. The predicted molar refractivity (Wildman–Crippen MR) is 113 cm³/mol. The fourth-order valence-corrected chi connectivity index (χ4v) is 4.78. The van der Waals surface area contributed by atoms with Crippen LogP contribution < -0.4 is 9.62 Å². The molecule has 1 N–H and O–H groups in total. The van der Waals surface area contributed by atoms with Gasteiger partial charge in [0.15, 0.2) is 0 Å². The third kappa shape index (κ3) is 5.53. The summed E-state index contributed by atoms with van der Waals surface area (Å²) < 4.78 is 27.6. The third-order valence-corrected chi connectivity index (χ3v) is 6.71. The van der Waals surface area contributed by atoms with Crippen LogP contribution in [0.25, 0.3) is 0 Å². The number of hydrogen-bond acceptors (Lipinski definition) is 6. The molecule has 1 aliphatic heterocycles. The minimum Gasteiger partial charge on any atom is -0.369 e. The summed E-state index contributed by atoms with van der Waals surface area (Å²) in [6.07, 6.45) is 0.679. The van der Waals surface area contributed by atoms with Gasteiger partial charge in [-0.2, -0.15) is 0 Å². The van der Waals surface area contributed by atoms with Gasteiger partial charge in [-0.3, -0.25) is 15.0 Å². The average molecular weight is 419 g/mol. The van der Waals surface area contributed by atoms with E-state index in [9.17, 15) is 18.5 Å². The van der Waals surface area contributed by atoms with Gasteiger partial charge in [0.2, 0.25) is 10.0 Å². The summed E-state index contributed by atoms with van der Waals surface area (Å²) in [6, 6.07) is 14.2. The number of nitrogens with zero attached hydrogens (tertiary/aromatic N) is 3. The molecule has 0 radical (unpaired) electrons. The molecule has 0 spiro atoms. The van der Waals surface area contributed by atoms with Crippen LogP contribution in [-0.2, 0) is 10.0 Å². The van der Waals surface area contributed by atoms with Crippen molar-refractivity contribution >= 4 is 21.4 Å². The van der Waals surface area contributed by atoms with Gasteiger partial charge in [0.1, 0.15) is 0 Å². The highest BCUT2D eigenvalue weighted by molar-refractivity contribution is 7.89. The predicted octanol–water partition coefficient (Wildman–Crippen LogP) is 2.39. The highest BCUT2D eigenvalue weighted by atomic mass is 32.2. The number of anilines is 1. The van der Waals surface area contributed by atoms with Gasteiger partial charge in [-0.25, -0.2) is 13.1 Å². The maximum atomic E-state index is 12.5. The van der Waals surface area contributed by atoms with Crippen molar-refractivity contribution in [1.29, 1.82) is 0 Å². The van der Waals surface area contributed by atoms with Gasteiger partial charge in [0.25, 0.3) is 5.69 Å². The summed E-state index contributed by atoms with van der Waals surface area (Å²) in [4.78, 5) is 15.0. The Morgan fingerprint density at radius 2 is 1.76 bits per heavy atom. The van der Waals surface area contributed by atoms with Crippen molar-refractivity contribution in [2.75, 3.05) is 44.2 Å². The van der Waals surface area contributed by atoms with Crippen molar-refractivity contribution in [1.82, 2.24) is 9.62 Å². The summed E-state index contributed by atoms with van der Waals surface area (Å²) in [7, 11) is -3.78. The van der Waals surface area contributed by atoms with E-state index >= 15 is 0 Å². The molecule has 0 amide bonds. The fourth-order valence-electron chi connectivity index (χ4n) is 3.45. The van der Waals surface area contributed by atoms with Gasteiger partial charge in [0.05, 0.1) is 9.82 Å². The molecule has 0 atom stereocenters. The van der Waals surface area contributed by atoms with E-state index in [0.717, 1.165) is 38.8 Å². The second kappa shape index (κ2) is 9.34. The number of benzene rings is 2. The monoisotopic (exact) mass is 418 g/mol. The van der Waals surface area contributed by atoms with E-state index in [1.165, 1.54) is 17.8 Å². The maximum Gasteiger partial charge on any atom is 0.270 e. The van der Waals surface area contributed by atoms with Gasteiger partial charge in [-0.1, -0.05) is 24.3 Å². The Kier molecular flexibility index (Phi) is 6.83. The number of non-ortho nitro benzene ring substituents is 1. The van der Waals surface area contributed by atoms with E-state index in [1.54, 1.807) is 6.92 Å². The highest BCUT2D eigenvalue weighted by Gasteiger charge is 2.21. The van der Waals surface area contributed by atoms with Crippen LogP contribution >= 0.6 is 0 Å². The van der Waals surface area contributed by atoms with Gasteiger partial charge < -0.3 is 4.90 Å². The van der Waals surface area contributed by atoms with Gasteiger partial charge in [0, 0.05) is 50.5 Å². The van der Waals surface area contributed by atoms with Crippen molar-refractivity contribution < 1.29 is 13.3 Å². The summed E-state index contributed by atoms with van der Waals surface area (Å²) in [6.45, 7) is 6.50. The van der Waals surface area contributed by atoms with Crippen molar-refractivity contribution in [2.45, 2.75) is 18.2 Å². The number of nitro groups is 1. The summed E-state index contributed by atoms with van der Waals surface area (Å²) in [5.74, 6) is 0. The first-order valence-corrected chi connectivity index (χ1v) is 11.1. The van der Waals surface area contributed by atoms with Crippen LogP contribution in [0, 0.1) is 17.0 Å². The second-order valence-electron chi connectivity index (χ2n) is 7.12. The molecule has 1 heterocycles. The second-order valence-corrected chi connectivity index (χ2v) is 8.86. The molecule has 2 aromatic carbocycles. The van der Waals surface area contributed by atoms with E-state index in [2.05, 4.69) is 26.7 Å². The van der Waals surface area contributed by atoms with Crippen LogP contribution in [0.3, 0.4) is 0 Å². The molecule has 3 rings (SSSR count). The summed E-state index contributed by atoms with van der Waals surface area (Å²) in [5, 5.41) is 10.9. The van der Waals surface area contributed by atoms with E-state index in [4.69, 9.17) is 0 Å². The zero-order chi connectivity index (χ0) is 20.9. The van der Waals surface area contributed by atoms with Crippen LogP contribution in [0.5, 0.6) is 0 Å². The van der Waals surface area contributed by atoms with Crippen LogP contribution in [0.15, 0.2) is 53.4 Å². The van der Waals surface area contributed by atoms with Crippen molar-refractivity contribution in [3.63, 3.8) is 0 Å². The number of rotatable bonds is 8.